The molecule has 4 unspecified atom stereocenters. The van der Waals surface area contributed by atoms with Crippen molar-refractivity contribution >= 4 is 23.5 Å². The van der Waals surface area contributed by atoms with E-state index >= 15 is 0 Å². The van der Waals surface area contributed by atoms with Crippen LogP contribution >= 0.6 is 23.5 Å². The Labute approximate surface area is 129 Å². The van der Waals surface area contributed by atoms with Gasteiger partial charge in [-0.3, -0.25) is 0 Å². The third-order valence-electron chi connectivity index (χ3n) is 3.97. The summed E-state index contributed by atoms with van der Waals surface area (Å²) in [7, 11) is 0. The van der Waals surface area contributed by atoms with Gasteiger partial charge in [0.15, 0.2) is 0 Å². The van der Waals surface area contributed by atoms with Gasteiger partial charge in [0.1, 0.15) is 5.75 Å². The van der Waals surface area contributed by atoms with E-state index in [0.717, 1.165) is 17.1 Å². The molecule has 1 aliphatic heterocycles. The summed E-state index contributed by atoms with van der Waals surface area (Å²) in [4.78, 5) is 0. The van der Waals surface area contributed by atoms with Crippen molar-refractivity contribution in [2.75, 3.05) is 5.75 Å². The Bertz CT molecular complexity index is 444. The fourth-order valence-corrected chi connectivity index (χ4v) is 5.31. The van der Waals surface area contributed by atoms with Gasteiger partial charge in [-0.1, -0.05) is 26.0 Å². The van der Waals surface area contributed by atoms with Crippen LogP contribution in [-0.2, 0) is 0 Å². The van der Waals surface area contributed by atoms with E-state index in [-0.39, 0.29) is 6.10 Å². The highest BCUT2D eigenvalue weighted by Gasteiger charge is 2.31. The van der Waals surface area contributed by atoms with Crippen LogP contribution < -0.4 is 4.74 Å². The van der Waals surface area contributed by atoms with Crippen LogP contribution in [0.5, 0.6) is 5.75 Å². The molecule has 2 nitrogen and oxygen atoms in total. The number of aliphatic hydroxyl groups is 1. The second-order valence-electron chi connectivity index (χ2n) is 5.75. The predicted molar refractivity (Wildman–Crippen MR) is 87.8 cm³/mol. The Morgan fingerprint density at radius 1 is 1.15 bits per heavy atom. The van der Waals surface area contributed by atoms with Gasteiger partial charge in [-0.15, -0.1) is 0 Å². The van der Waals surface area contributed by atoms with Crippen LogP contribution in [0, 0.1) is 0 Å². The van der Waals surface area contributed by atoms with E-state index in [1.165, 1.54) is 12.8 Å². The molecule has 0 radical (unpaired) electrons. The molecule has 20 heavy (non-hydrogen) atoms. The summed E-state index contributed by atoms with van der Waals surface area (Å²) in [5.74, 6) is 1.95. The highest BCUT2D eigenvalue weighted by Crippen LogP contribution is 2.41. The summed E-state index contributed by atoms with van der Waals surface area (Å²) < 4.78 is 5.75. The molecule has 1 aliphatic carbocycles. The Balaban J connectivity index is 1.62. The van der Waals surface area contributed by atoms with E-state index in [9.17, 15) is 5.11 Å². The topological polar surface area (TPSA) is 29.5 Å². The van der Waals surface area contributed by atoms with Crippen LogP contribution in [0.25, 0.3) is 0 Å². The van der Waals surface area contributed by atoms with Crippen molar-refractivity contribution in [2.45, 2.75) is 54.6 Å². The molecule has 0 amide bonds. The monoisotopic (exact) mass is 310 g/mol. The van der Waals surface area contributed by atoms with Gasteiger partial charge in [0.25, 0.3) is 0 Å². The van der Waals surface area contributed by atoms with Crippen LogP contribution in [-0.4, -0.2) is 32.7 Å². The fraction of sp³-hybridized carbons (Fsp3) is 0.625. The minimum Gasteiger partial charge on any atom is -0.490 e. The van der Waals surface area contributed by atoms with Gasteiger partial charge < -0.3 is 9.84 Å². The zero-order valence-corrected chi connectivity index (χ0v) is 13.6. The van der Waals surface area contributed by atoms with E-state index in [4.69, 9.17) is 4.74 Å². The number of benzene rings is 1. The second-order valence-corrected chi connectivity index (χ2v) is 8.78. The lowest BCUT2D eigenvalue weighted by Gasteiger charge is -2.34. The number of hydrogen-bond donors (Lipinski definition) is 1. The van der Waals surface area contributed by atoms with Crippen molar-refractivity contribution in [3.05, 3.63) is 29.8 Å². The first-order chi connectivity index (χ1) is 9.63. The molecular formula is C16H22O2S2. The number of aliphatic hydroxyl groups excluding tert-OH is 1. The summed E-state index contributed by atoms with van der Waals surface area (Å²) in [6.07, 6.45) is 2.41. The molecule has 1 saturated heterocycles. The number of ether oxygens (including phenoxy) is 1. The van der Waals surface area contributed by atoms with Crippen LogP contribution in [0.1, 0.15) is 38.4 Å². The van der Waals surface area contributed by atoms with Crippen molar-refractivity contribution in [1.29, 1.82) is 0 Å². The maximum atomic E-state index is 10.6. The number of hydrogen-bond acceptors (Lipinski definition) is 4. The fourth-order valence-electron chi connectivity index (χ4n) is 2.31. The van der Waals surface area contributed by atoms with Gasteiger partial charge in [-0.05, 0) is 30.5 Å². The molecule has 1 N–H and O–H groups in total. The highest BCUT2D eigenvalue weighted by molar-refractivity contribution is 8.07. The van der Waals surface area contributed by atoms with Crippen LogP contribution in [0.2, 0.25) is 0 Å². The summed E-state index contributed by atoms with van der Waals surface area (Å²) in [6.45, 7) is 4.53. The first kappa shape index (κ1) is 14.6. The Hall–Kier alpha value is -0.320. The third-order valence-corrected chi connectivity index (χ3v) is 7.46. The average Bonchev–Trinajstić information content (AvgIpc) is 3.26. The van der Waals surface area contributed by atoms with Crippen molar-refractivity contribution in [1.82, 2.24) is 0 Å². The molecule has 1 aromatic carbocycles. The Morgan fingerprint density at radius 3 is 2.45 bits per heavy atom. The summed E-state index contributed by atoms with van der Waals surface area (Å²) in [5, 5.41) is 12.1. The first-order valence-electron chi connectivity index (χ1n) is 7.35. The van der Waals surface area contributed by atoms with Gasteiger partial charge >= 0.3 is 0 Å². The molecule has 1 heterocycles. The summed E-state index contributed by atoms with van der Waals surface area (Å²) in [6, 6.07) is 8.00. The van der Waals surface area contributed by atoms with Gasteiger partial charge in [0.2, 0.25) is 0 Å². The lowest BCUT2D eigenvalue weighted by Crippen LogP contribution is -2.30. The normalized spacial score (nSPS) is 31.9. The van der Waals surface area contributed by atoms with E-state index in [2.05, 4.69) is 13.8 Å². The minimum absolute atomic E-state index is 0.293. The SMILES string of the molecule is CC1SCC(C(O)c2ccc(OC3CC3)cc2)SC1C. The van der Waals surface area contributed by atoms with Gasteiger partial charge in [-0.25, -0.2) is 0 Å². The van der Waals surface area contributed by atoms with Crippen molar-refractivity contribution in [3.8, 4) is 5.75 Å². The van der Waals surface area contributed by atoms with Crippen molar-refractivity contribution < 1.29 is 9.84 Å². The van der Waals surface area contributed by atoms with Crippen LogP contribution in [0.4, 0.5) is 0 Å². The van der Waals surface area contributed by atoms with E-state index in [1.807, 2.05) is 47.8 Å². The predicted octanol–water partition coefficient (Wildman–Crippen LogP) is 3.89. The van der Waals surface area contributed by atoms with E-state index < -0.39 is 0 Å². The quantitative estimate of drug-likeness (QED) is 0.914. The average molecular weight is 310 g/mol. The van der Waals surface area contributed by atoms with E-state index in [1.54, 1.807) is 0 Å². The maximum absolute atomic E-state index is 10.6. The van der Waals surface area contributed by atoms with Gasteiger partial charge in [0, 0.05) is 21.5 Å². The summed E-state index contributed by atoms with van der Waals surface area (Å²) in [5.41, 5.74) is 1.01. The molecule has 0 aromatic heterocycles. The van der Waals surface area contributed by atoms with E-state index in [0.29, 0.717) is 21.9 Å². The molecule has 1 saturated carbocycles. The third kappa shape index (κ3) is 3.46. The molecule has 3 rings (SSSR count). The molecule has 0 bridgehead atoms. The molecule has 4 atom stereocenters. The Morgan fingerprint density at radius 2 is 1.85 bits per heavy atom. The standard InChI is InChI=1S/C16H22O2S2/c1-10-11(2)20-15(9-19-10)16(17)12-3-5-13(6-4-12)18-14-7-8-14/h3-6,10-11,14-17H,7-9H2,1-2H3. The second kappa shape index (κ2) is 6.20. The number of thioether (sulfide) groups is 2. The van der Waals surface area contributed by atoms with Crippen molar-refractivity contribution in [3.63, 3.8) is 0 Å². The smallest absolute Gasteiger partial charge is 0.119 e. The van der Waals surface area contributed by atoms with Gasteiger partial charge in [0.05, 0.1) is 12.2 Å². The summed E-state index contributed by atoms with van der Waals surface area (Å²) >= 11 is 3.89. The first-order valence-corrected chi connectivity index (χ1v) is 9.34. The molecule has 0 spiro atoms. The number of rotatable bonds is 4. The lowest BCUT2D eigenvalue weighted by molar-refractivity contribution is 0.180. The lowest BCUT2D eigenvalue weighted by atomic mass is 10.1. The molecule has 2 fully saturated rings. The maximum Gasteiger partial charge on any atom is 0.119 e. The largest absolute Gasteiger partial charge is 0.490 e. The molecular weight excluding hydrogens is 288 g/mol. The zero-order valence-electron chi connectivity index (χ0n) is 12.0. The van der Waals surface area contributed by atoms with Crippen molar-refractivity contribution in [2.24, 2.45) is 0 Å². The van der Waals surface area contributed by atoms with Crippen LogP contribution in [0.3, 0.4) is 0 Å². The molecule has 2 aliphatic rings. The molecule has 110 valence electrons. The molecule has 1 aromatic rings. The highest BCUT2D eigenvalue weighted by atomic mass is 32.2. The zero-order chi connectivity index (χ0) is 14.1. The Kier molecular flexibility index (Phi) is 4.53. The van der Waals surface area contributed by atoms with Crippen LogP contribution in [0.15, 0.2) is 24.3 Å². The van der Waals surface area contributed by atoms with Gasteiger partial charge in [-0.2, -0.15) is 23.5 Å². The molecule has 4 heteroatoms. The minimum atomic E-state index is -0.377.